The normalized spacial score (nSPS) is 14.1. The van der Waals surface area contributed by atoms with Gasteiger partial charge >= 0.3 is 17.9 Å². The van der Waals surface area contributed by atoms with Crippen LogP contribution in [0.3, 0.4) is 0 Å². The van der Waals surface area contributed by atoms with E-state index in [1.54, 1.807) is 13.8 Å². The lowest BCUT2D eigenvalue weighted by atomic mass is 10.0. The Balaban J connectivity index is 3.19. The molecule has 0 saturated carbocycles. The third-order valence-electron chi connectivity index (χ3n) is 5.04. The smallest absolute Gasteiger partial charge is 0.326 e. The number of hydrogen-bond donors (Lipinski definition) is 8. The molecule has 4 atom stereocenters. The van der Waals surface area contributed by atoms with E-state index in [1.807, 2.05) is 5.32 Å². The Labute approximate surface area is 205 Å². The summed E-state index contributed by atoms with van der Waals surface area (Å²) in [5.74, 6) is -7.88. The zero-order valence-electron chi connectivity index (χ0n) is 19.6. The Morgan fingerprint density at radius 3 is 1.67 bits per heavy atom. The predicted molar refractivity (Wildman–Crippen MR) is 123 cm³/mol. The first kappa shape index (κ1) is 29.8. The Hall–Kier alpha value is -4.20. The minimum Gasteiger partial charge on any atom is -0.508 e. The number of benzene rings is 1. The fourth-order valence-electron chi connectivity index (χ4n) is 2.95. The highest BCUT2D eigenvalue weighted by atomic mass is 16.4. The van der Waals surface area contributed by atoms with E-state index >= 15 is 0 Å². The molecule has 0 bridgehead atoms. The van der Waals surface area contributed by atoms with Crippen LogP contribution >= 0.6 is 0 Å². The number of aliphatic carboxylic acids is 3. The quantitative estimate of drug-likeness (QED) is 0.142. The SMILES string of the molecule is CC(C)C(N)C(=O)NC(CC(=O)O)C(=O)NC(Cc1ccc(O)cc1)C(=O)NC(CC(=O)O)C(=O)O. The standard InChI is InChI=1S/C22H30N4O10/c1-10(2)18(23)21(34)25-14(8-16(28)29)20(33)24-13(7-11-3-5-12(27)6-4-11)19(32)26-15(22(35)36)9-17(30)31/h3-6,10,13-15,18,27H,7-9,23H2,1-2H3,(H,24,33)(H,25,34)(H,26,32)(H,28,29)(H,30,31)(H,35,36). The topological polar surface area (TPSA) is 245 Å². The maximum Gasteiger partial charge on any atom is 0.326 e. The van der Waals surface area contributed by atoms with E-state index < -0.39 is 72.6 Å². The van der Waals surface area contributed by atoms with Crippen molar-refractivity contribution < 1.29 is 49.2 Å². The first-order valence-corrected chi connectivity index (χ1v) is 10.8. The van der Waals surface area contributed by atoms with E-state index in [0.717, 1.165) is 0 Å². The molecule has 4 unspecified atom stereocenters. The highest BCUT2D eigenvalue weighted by Gasteiger charge is 2.32. The predicted octanol–water partition coefficient (Wildman–Crippen LogP) is -1.59. The van der Waals surface area contributed by atoms with Gasteiger partial charge in [0.2, 0.25) is 17.7 Å². The third-order valence-corrected chi connectivity index (χ3v) is 5.04. The minimum absolute atomic E-state index is 0.0816. The average molecular weight is 511 g/mol. The van der Waals surface area contributed by atoms with E-state index in [1.165, 1.54) is 24.3 Å². The van der Waals surface area contributed by atoms with Crippen LogP contribution in [0.5, 0.6) is 5.75 Å². The number of phenolic OH excluding ortho intramolecular Hbond substituents is 1. The fourth-order valence-corrected chi connectivity index (χ4v) is 2.95. The van der Waals surface area contributed by atoms with Gasteiger partial charge in [0.25, 0.3) is 0 Å². The molecule has 0 aliphatic heterocycles. The number of phenols is 1. The molecule has 1 aromatic rings. The Morgan fingerprint density at radius 2 is 1.19 bits per heavy atom. The van der Waals surface area contributed by atoms with Crippen molar-refractivity contribution in [3.63, 3.8) is 0 Å². The second kappa shape index (κ2) is 13.6. The molecule has 0 fully saturated rings. The summed E-state index contributed by atoms with van der Waals surface area (Å²) in [6, 6.07) is -0.522. The van der Waals surface area contributed by atoms with Gasteiger partial charge in [0.15, 0.2) is 0 Å². The number of rotatable bonds is 14. The number of amides is 3. The van der Waals surface area contributed by atoms with Crippen LogP contribution in [0.2, 0.25) is 0 Å². The van der Waals surface area contributed by atoms with Crippen molar-refractivity contribution in [1.29, 1.82) is 0 Å². The zero-order chi connectivity index (χ0) is 27.6. The number of carboxylic acids is 3. The van der Waals surface area contributed by atoms with Crippen LogP contribution < -0.4 is 21.7 Å². The molecule has 0 aromatic heterocycles. The Kier molecular flexibility index (Phi) is 11.3. The molecular weight excluding hydrogens is 480 g/mol. The Bertz CT molecular complexity index is 980. The van der Waals surface area contributed by atoms with Gasteiger partial charge in [-0.25, -0.2) is 4.79 Å². The number of hydrogen-bond acceptors (Lipinski definition) is 8. The van der Waals surface area contributed by atoms with Crippen molar-refractivity contribution >= 4 is 35.6 Å². The van der Waals surface area contributed by atoms with Crippen molar-refractivity contribution in [3.8, 4) is 5.75 Å². The molecule has 1 rings (SSSR count). The van der Waals surface area contributed by atoms with Crippen LogP contribution in [0.15, 0.2) is 24.3 Å². The van der Waals surface area contributed by atoms with E-state index in [9.17, 15) is 44.1 Å². The molecule has 14 nitrogen and oxygen atoms in total. The largest absolute Gasteiger partial charge is 0.508 e. The lowest BCUT2D eigenvalue weighted by Gasteiger charge is -2.25. The van der Waals surface area contributed by atoms with Crippen LogP contribution in [0.4, 0.5) is 0 Å². The molecule has 0 heterocycles. The lowest BCUT2D eigenvalue weighted by Crippen LogP contribution is -2.58. The first-order valence-electron chi connectivity index (χ1n) is 10.8. The fraction of sp³-hybridized carbons (Fsp3) is 0.455. The van der Waals surface area contributed by atoms with Gasteiger partial charge in [0.1, 0.15) is 23.9 Å². The molecule has 14 heteroatoms. The molecule has 198 valence electrons. The average Bonchev–Trinajstić information content (AvgIpc) is 2.77. The maximum absolute atomic E-state index is 12.9. The van der Waals surface area contributed by atoms with Gasteiger partial charge in [-0.15, -0.1) is 0 Å². The zero-order valence-corrected chi connectivity index (χ0v) is 19.6. The molecule has 9 N–H and O–H groups in total. The molecule has 0 saturated heterocycles. The van der Waals surface area contributed by atoms with Crippen LogP contribution in [0, 0.1) is 5.92 Å². The van der Waals surface area contributed by atoms with Crippen LogP contribution in [0.1, 0.15) is 32.3 Å². The molecular formula is C22H30N4O10. The van der Waals surface area contributed by atoms with Gasteiger partial charge in [0, 0.05) is 6.42 Å². The molecule has 0 aliphatic carbocycles. The maximum atomic E-state index is 12.9. The molecule has 0 aliphatic rings. The lowest BCUT2D eigenvalue weighted by molar-refractivity contribution is -0.147. The summed E-state index contributed by atoms with van der Waals surface area (Å²) < 4.78 is 0. The van der Waals surface area contributed by atoms with E-state index in [0.29, 0.717) is 5.56 Å². The molecule has 0 radical (unpaired) electrons. The molecule has 36 heavy (non-hydrogen) atoms. The number of nitrogens with two attached hydrogens (primary N) is 1. The summed E-state index contributed by atoms with van der Waals surface area (Å²) in [6.45, 7) is 3.29. The molecule has 3 amide bonds. The third kappa shape index (κ3) is 9.97. The summed E-state index contributed by atoms with van der Waals surface area (Å²) in [6.07, 6.45) is -2.02. The van der Waals surface area contributed by atoms with Crippen molar-refractivity contribution in [1.82, 2.24) is 16.0 Å². The van der Waals surface area contributed by atoms with Crippen LogP contribution in [-0.4, -0.2) is 80.2 Å². The number of nitrogens with one attached hydrogen (secondary N) is 3. The van der Waals surface area contributed by atoms with Crippen LogP contribution in [-0.2, 0) is 35.2 Å². The van der Waals surface area contributed by atoms with Crippen molar-refractivity contribution in [2.75, 3.05) is 0 Å². The minimum atomic E-state index is -1.81. The summed E-state index contributed by atoms with van der Waals surface area (Å²) >= 11 is 0. The summed E-state index contributed by atoms with van der Waals surface area (Å²) in [5.41, 5.74) is 6.16. The van der Waals surface area contributed by atoms with Gasteiger partial charge in [-0.3, -0.25) is 24.0 Å². The highest BCUT2D eigenvalue weighted by molar-refractivity contribution is 5.96. The van der Waals surface area contributed by atoms with Gasteiger partial charge in [-0.05, 0) is 23.6 Å². The van der Waals surface area contributed by atoms with E-state index in [-0.39, 0.29) is 18.1 Å². The summed E-state index contributed by atoms with van der Waals surface area (Å²) in [7, 11) is 0. The number of carbonyl (C=O) groups is 6. The summed E-state index contributed by atoms with van der Waals surface area (Å²) in [4.78, 5) is 71.7. The Morgan fingerprint density at radius 1 is 0.750 bits per heavy atom. The highest BCUT2D eigenvalue weighted by Crippen LogP contribution is 2.12. The second-order valence-electron chi connectivity index (χ2n) is 8.36. The van der Waals surface area contributed by atoms with Gasteiger partial charge in [-0.1, -0.05) is 26.0 Å². The monoisotopic (exact) mass is 510 g/mol. The molecule has 1 aromatic carbocycles. The van der Waals surface area contributed by atoms with Crippen molar-refractivity contribution in [3.05, 3.63) is 29.8 Å². The van der Waals surface area contributed by atoms with Crippen LogP contribution in [0.25, 0.3) is 0 Å². The first-order chi connectivity index (χ1) is 16.7. The second-order valence-corrected chi connectivity index (χ2v) is 8.36. The number of carbonyl (C=O) groups excluding carboxylic acids is 3. The summed E-state index contributed by atoms with van der Waals surface area (Å²) in [5, 5.41) is 43.3. The van der Waals surface area contributed by atoms with E-state index in [2.05, 4.69) is 10.6 Å². The number of aromatic hydroxyl groups is 1. The van der Waals surface area contributed by atoms with E-state index in [4.69, 9.17) is 10.8 Å². The van der Waals surface area contributed by atoms with Gasteiger partial charge in [-0.2, -0.15) is 0 Å². The van der Waals surface area contributed by atoms with Gasteiger partial charge < -0.3 is 42.1 Å². The van der Waals surface area contributed by atoms with Crippen molar-refractivity contribution in [2.24, 2.45) is 11.7 Å². The number of carboxylic acid groups (broad SMARTS) is 3. The molecule has 0 spiro atoms. The van der Waals surface area contributed by atoms with Crippen molar-refractivity contribution in [2.45, 2.75) is 57.3 Å². The van der Waals surface area contributed by atoms with Gasteiger partial charge in [0.05, 0.1) is 18.9 Å².